The predicted molar refractivity (Wildman–Crippen MR) is 47.8 cm³/mol. The Balaban J connectivity index is 2.63. The molecule has 1 heterocycles. The lowest BCUT2D eigenvalue weighted by atomic mass is 10.2. The van der Waals surface area contributed by atoms with Gasteiger partial charge in [-0.25, -0.2) is 4.98 Å². The minimum absolute atomic E-state index is 0.118. The Kier molecular flexibility index (Phi) is 3.19. The number of nitrogens with one attached hydrogen (secondary N) is 2. The number of H-pyrrole nitrogens is 1. The van der Waals surface area contributed by atoms with Gasteiger partial charge >= 0.3 is 0 Å². The van der Waals surface area contributed by atoms with Gasteiger partial charge in [0.25, 0.3) is 0 Å². The molecule has 0 spiro atoms. The van der Waals surface area contributed by atoms with Crippen LogP contribution in [0.1, 0.15) is 25.2 Å². The summed E-state index contributed by atoms with van der Waals surface area (Å²) in [6, 6.07) is -0.118. The number of rotatable bonds is 4. The van der Waals surface area contributed by atoms with Crippen molar-refractivity contribution < 1.29 is 4.79 Å². The third kappa shape index (κ3) is 2.40. The molecule has 70 valence electrons. The summed E-state index contributed by atoms with van der Waals surface area (Å²) in [7, 11) is 0. The van der Waals surface area contributed by atoms with Gasteiger partial charge in [0, 0.05) is 0 Å². The molecule has 0 aliphatic carbocycles. The van der Waals surface area contributed by atoms with Crippen LogP contribution in [-0.4, -0.2) is 21.1 Å². The molecule has 1 amide bonds. The highest BCUT2D eigenvalue weighted by molar-refractivity contribution is 5.87. The molecule has 2 N–H and O–H groups in total. The van der Waals surface area contributed by atoms with Crippen LogP contribution < -0.4 is 5.32 Å². The molecular weight excluding hydrogens is 168 g/mol. The minimum atomic E-state index is -0.205. The molecule has 0 radical (unpaired) electrons. The van der Waals surface area contributed by atoms with E-state index in [4.69, 9.17) is 0 Å². The highest BCUT2D eigenvalue weighted by Gasteiger charge is 2.12. The smallest absolute Gasteiger partial charge is 0.243 e. The van der Waals surface area contributed by atoms with Crippen LogP contribution in [0.3, 0.4) is 0 Å². The maximum Gasteiger partial charge on any atom is 0.243 e. The van der Waals surface area contributed by atoms with Gasteiger partial charge in [-0.1, -0.05) is 13.5 Å². The van der Waals surface area contributed by atoms with E-state index in [1.165, 1.54) is 12.4 Å². The quantitative estimate of drug-likeness (QED) is 0.665. The molecule has 0 aliphatic rings. The van der Waals surface area contributed by atoms with Gasteiger partial charge in [-0.3, -0.25) is 9.89 Å². The lowest BCUT2D eigenvalue weighted by Crippen LogP contribution is -2.27. The Labute approximate surface area is 76.3 Å². The Morgan fingerprint density at radius 1 is 1.92 bits per heavy atom. The van der Waals surface area contributed by atoms with Crippen molar-refractivity contribution in [1.29, 1.82) is 0 Å². The topological polar surface area (TPSA) is 70.7 Å². The number of carbonyl (C=O) groups is 1. The molecule has 0 fully saturated rings. The van der Waals surface area contributed by atoms with Crippen LogP contribution in [0.25, 0.3) is 0 Å². The van der Waals surface area contributed by atoms with Crippen molar-refractivity contribution in [3.63, 3.8) is 0 Å². The number of carbonyl (C=O) groups excluding carboxylic acids is 1. The molecule has 0 aliphatic heterocycles. The van der Waals surface area contributed by atoms with Crippen molar-refractivity contribution in [2.45, 2.75) is 19.4 Å². The highest BCUT2D eigenvalue weighted by Crippen LogP contribution is 2.09. The fourth-order valence-electron chi connectivity index (χ4n) is 0.977. The van der Waals surface area contributed by atoms with Crippen LogP contribution in [-0.2, 0) is 4.79 Å². The number of aromatic amines is 1. The Hall–Kier alpha value is -1.65. The van der Waals surface area contributed by atoms with E-state index in [0.717, 1.165) is 6.42 Å². The molecule has 1 atom stereocenters. The average Bonchev–Trinajstić information content (AvgIpc) is 2.66. The van der Waals surface area contributed by atoms with E-state index in [0.29, 0.717) is 5.82 Å². The molecule has 0 unspecified atom stereocenters. The normalized spacial score (nSPS) is 12.1. The third-order valence-corrected chi connectivity index (χ3v) is 1.67. The summed E-state index contributed by atoms with van der Waals surface area (Å²) in [6.45, 7) is 5.33. The first-order valence-corrected chi connectivity index (χ1v) is 4.06. The molecule has 1 aromatic rings. The Bertz CT molecular complexity index is 280. The zero-order chi connectivity index (χ0) is 9.68. The summed E-state index contributed by atoms with van der Waals surface area (Å²) in [5, 5.41) is 9.15. The van der Waals surface area contributed by atoms with Crippen LogP contribution in [0.4, 0.5) is 0 Å². The monoisotopic (exact) mass is 180 g/mol. The van der Waals surface area contributed by atoms with Crippen molar-refractivity contribution in [2.75, 3.05) is 0 Å². The van der Waals surface area contributed by atoms with Gasteiger partial charge in [-0.2, -0.15) is 5.10 Å². The zero-order valence-electron chi connectivity index (χ0n) is 7.45. The number of hydrogen-bond donors (Lipinski definition) is 2. The van der Waals surface area contributed by atoms with Crippen LogP contribution in [0.15, 0.2) is 19.0 Å². The maximum absolute atomic E-state index is 11.0. The molecule has 0 aromatic carbocycles. The third-order valence-electron chi connectivity index (χ3n) is 1.67. The van der Waals surface area contributed by atoms with E-state index in [-0.39, 0.29) is 11.9 Å². The molecule has 1 rings (SSSR count). The first-order chi connectivity index (χ1) is 6.27. The van der Waals surface area contributed by atoms with Crippen molar-refractivity contribution >= 4 is 5.91 Å². The SMILES string of the molecule is C=CC(=O)N[C@@H](CC)c1ncn[nH]1. The van der Waals surface area contributed by atoms with E-state index < -0.39 is 0 Å². The van der Waals surface area contributed by atoms with Crippen LogP contribution in [0, 0.1) is 0 Å². The second kappa shape index (κ2) is 4.39. The molecular formula is C8H12N4O. The van der Waals surface area contributed by atoms with Gasteiger partial charge in [-0.15, -0.1) is 0 Å². The second-order valence-corrected chi connectivity index (χ2v) is 2.54. The Morgan fingerprint density at radius 2 is 2.69 bits per heavy atom. The molecule has 0 saturated carbocycles. The lowest BCUT2D eigenvalue weighted by Gasteiger charge is -2.11. The Morgan fingerprint density at radius 3 is 3.15 bits per heavy atom. The van der Waals surface area contributed by atoms with Crippen molar-refractivity contribution in [1.82, 2.24) is 20.5 Å². The van der Waals surface area contributed by atoms with Crippen molar-refractivity contribution in [3.05, 3.63) is 24.8 Å². The number of hydrogen-bond acceptors (Lipinski definition) is 3. The van der Waals surface area contributed by atoms with E-state index in [1.807, 2.05) is 6.92 Å². The van der Waals surface area contributed by atoms with E-state index in [9.17, 15) is 4.79 Å². The number of nitrogens with zero attached hydrogens (tertiary/aromatic N) is 2. The summed E-state index contributed by atoms with van der Waals surface area (Å²) in [5.41, 5.74) is 0. The zero-order valence-corrected chi connectivity index (χ0v) is 7.45. The molecule has 1 aromatic heterocycles. The van der Waals surface area contributed by atoms with E-state index >= 15 is 0 Å². The van der Waals surface area contributed by atoms with Crippen LogP contribution in [0.2, 0.25) is 0 Å². The van der Waals surface area contributed by atoms with Crippen LogP contribution >= 0.6 is 0 Å². The largest absolute Gasteiger partial charge is 0.343 e. The molecule has 13 heavy (non-hydrogen) atoms. The minimum Gasteiger partial charge on any atom is -0.343 e. The maximum atomic E-state index is 11.0. The lowest BCUT2D eigenvalue weighted by molar-refractivity contribution is -0.117. The summed E-state index contributed by atoms with van der Waals surface area (Å²) in [4.78, 5) is 14.9. The second-order valence-electron chi connectivity index (χ2n) is 2.54. The number of aromatic nitrogens is 3. The van der Waals surface area contributed by atoms with Gasteiger partial charge in [0.05, 0.1) is 6.04 Å². The van der Waals surface area contributed by atoms with Crippen molar-refractivity contribution in [2.24, 2.45) is 0 Å². The molecule has 0 saturated heterocycles. The van der Waals surface area contributed by atoms with E-state index in [2.05, 4.69) is 27.1 Å². The summed E-state index contributed by atoms with van der Waals surface area (Å²) in [6.07, 6.45) is 3.41. The number of amides is 1. The first kappa shape index (κ1) is 9.44. The van der Waals surface area contributed by atoms with Crippen LogP contribution in [0.5, 0.6) is 0 Å². The van der Waals surface area contributed by atoms with E-state index in [1.54, 1.807) is 0 Å². The fourth-order valence-corrected chi connectivity index (χ4v) is 0.977. The van der Waals surface area contributed by atoms with Gasteiger partial charge in [0.2, 0.25) is 5.91 Å². The highest BCUT2D eigenvalue weighted by atomic mass is 16.1. The predicted octanol–water partition coefficient (Wildman–Crippen LogP) is 0.558. The average molecular weight is 180 g/mol. The van der Waals surface area contributed by atoms with Crippen molar-refractivity contribution in [3.8, 4) is 0 Å². The van der Waals surface area contributed by atoms with Gasteiger partial charge in [-0.05, 0) is 12.5 Å². The van der Waals surface area contributed by atoms with Gasteiger partial charge in [0.15, 0.2) is 0 Å². The summed E-state index contributed by atoms with van der Waals surface area (Å²) >= 11 is 0. The molecule has 5 heteroatoms. The first-order valence-electron chi connectivity index (χ1n) is 4.06. The summed E-state index contributed by atoms with van der Waals surface area (Å²) in [5.74, 6) is 0.459. The standard InChI is InChI=1S/C8H12N4O/c1-3-6(11-7(13)4-2)8-9-5-10-12-8/h4-6H,2-3H2,1H3,(H,11,13)(H,9,10,12)/t6-/m0/s1. The van der Waals surface area contributed by atoms with Gasteiger partial charge < -0.3 is 5.32 Å². The summed E-state index contributed by atoms with van der Waals surface area (Å²) < 4.78 is 0. The molecule has 5 nitrogen and oxygen atoms in total. The fraction of sp³-hybridized carbons (Fsp3) is 0.375. The van der Waals surface area contributed by atoms with Gasteiger partial charge in [0.1, 0.15) is 12.2 Å². The molecule has 0 bridgehead atoms.